The molecule has 43 heavy (non-hydrogen) atoms. The van der Waals surface area contributed by atoms with Crippen LogP contribution in [0, 0.1) is 5.92 Å². The van der Waals surface area contributed by atoms with Gasteiger partial charge in [0.25, 0.3) is 0 Å². The van der Waals surface area contributed by atoms with Crippen LogP contribution in [0.1, 0.15) is 54.4 Å². The van der Waals surface area contributed by atoms with E-state index in [1.54, 1.807) is 4.68 Å². The number of aliphatic hydroxyl groups is 1. The molecule has 4 aromatic rings. The van der Waals surface area contributed by atoms with E-state index in [0.717, 1.165) is 27.9 Å². The zero-order valence-corrected chi connectivity index (χ0v) is 24.4. The molecule has 0 aliphatic carbocycles. The highest BCUT2D eigenvalue weighted by atomic mass is 32.2. The number of carboxylic acid groups (broad SMARTS) is 1. The van der Waals surface area contributed by atoms with E-state index < -0.39 is 12.3 Å². The summed E-state index contributed by atoms with van der Waals surface area (Å²) in [7, 11) is 0. The molecular formula is C31H33N5O6S. The lowest BCUT2D eigenvalue weighted by Gasteiger charge is -2.41. The lowest BCUT2D eigenvalue weighted by molar-refractivity contribution is -0.268. The molecule has 224 valence electrons. The van der Waals surface area contributed by atoms with Crippen LogP contribution in [0.2, 0.25) is 0 Å². The molecule has 1 aliphatic rings. The third kappa shape index (κ3) is 7.85. The van der Waals surface area contributed by atoms with Gasteiger partial charge in [0.1, 0.15) is 0 Å². The molecule has 0 saturated carbocycles. The zero-order chi connectivity index (χ0) is 30.2. The van der Waals surface area contributed by atoms with Crippen LogP contribution in [0.15, 0.2) is 84.0 Å². The van der Waals surface area contributed by atoms with E-state index in [9.17, 15) is 14.7 Å². The van der Waals surface area contributed by atoms with E-state index in [-0.39, 0.29) is 50.0 Å². The average molecular weight is 604 g/mol. The van der Waals surface area contributed by atoms with Crippen molar-refractivity contribution in [1.82, 2.24) is 25.5 Å². The zero-order valence-electron chi connectivity index (χ0n) is 23.6. The lowest BCUT2D eigenvalue weighted by Crippen LogP contribution is -2.38. The van der Waals surface area contributed by atoms with Gasteiger partial charge in [-0.2, -0.15) is 4.68 Å². The van der Waals surface area contributed by atoms with Gasteiger partial charge < -0.3 is 25.0 Å². The topological polar surface area (TPSA) is 149 Å². The van der Waals surface area contributed by atoms with Gasteiger partial charge in [-0.3, -0.25) is 9.59 Å². The van der Waals surface area contributed by atoms with Gasteiger partial charge in [0, 0.05) is 30.2 Å². The minimum atomic E-state index is -1.00. The van der Waals surface area contributed by atoms with E-state index in [1.807, 2.05) is 78.9 Å². The van der Waals surface area contributed by atoms with Crippen molar-refractivity contribution < 1.29 is 29.3 Å². The number of nitrogens with zero attached hydrogens (tertiary/aromatic N) is 4. The summed E-state index contributed by atoms with van der Waals surface area (Å²) in [5.74, 6) is -0.742. The second kappa shape index (κ2) is 14.4. The number of para-hydroxylation sites is 1. The van der Waals surface area contributed by atoms with E-state index in [2.05, 4.69) is 27.8 Å². The van der Waals surface area contributed by atoms with E-state index in [4.69, 9.17) is 14.6 Å². The SMILES string of the molecule is CC1C(CSc2nnnn2-c2ccccc2)OC(c2ccc(CNC(=O)CCC(=O)O)cc2)OC1c1ccc(CO)cc1. The van der Waals surface area contributed by atoms with Crippen LogP contribution in [0.3, 0.4) is 0 Å². The molecule has 1 fully saturated rings. The standard InChI is InChI=1S/C31H33N5O6S/c1-20-26(19-43-31-33-34-35-36(31)25-5-3-2-4-6-25)41-30(42-29(20)23-11-9-22(18-37)10-12-23)24-13-7-21(8-14-24)17-32-27(38)15-16-28(39)40/h2-14,20,26,29-30,37H,15-19H2,1H3,(H,32,38)(H,39,40). The molecule has 11 nitrogen and oxygen atoms in total. The largest absolute Gasteiger partial charge is 0.481 e. The molecule has 1 aromatic heterocycles. The highest BCUT2D eigenvalue weighted by Crippen LogP contribution is 2.43. The highest BCUT2D eigenvalue weighted by Gasteiger charge is 2.38. The molecule has 3 aromatic carbocycles. The highest BCUT2D eigenvalue weighted by molar-refractivity contribution is 7.99. The number of tetrazole rings is 1. The number of nitrogens with one attached hydrogen (secondary N) is 1. The molecule has 5 rings (SSSR count). The van der Waals surface area contributed by atoms with Gasteiger partial charge in [-0.25, -0.2) is 0 Å². The summed E-state index contributed by atoms with van der Waals surface area (Å²) in [6, 6.07) is 25.0. The molecule has 0 radical (unpaired) electrons. The summed E-state index contributed by atoms with van der Waals surface area (Å²) < 4.78 is 14.8. The molecule has 12 heteroatoms. The van der Waals surface area contributed by atoms with Crippen LogP contribution in [-0.2, 0) is 32.2 Å². The van der Waals surface area contributed by atoms with Gasteiger partial charge in [-0.1, -0.05) is 85.4 Å². The summed E-state index contributed by atoms with van der Waals surface area (Å²) >= 11 is 1.51. The van der Waals surface area contributed by atoms with Gasteiger partial charge in [0.15, 0.2) is 6.29 Å². The van der Waals surface area contributed by atoms with Gasteiger partial charge in [0.05, 0.1) is 30.9 Å². The van der Waals surface area contributed by atoms with E-state index >= 15 is 0 Å². The molecular weight excluding hydrogens is 570 g/mol. The first-order valence-electron chi connectivity index (χ1n) is 14.0. The maximum Gasteiger partial charge on any atom is 0.303 e. The van der Waals surface area contributed by atoms with Crippen LogP contribution in [0.25, 0.3) is 5.69 Å². The van der Waals surface area contributed by atoms with Crippen LogP contribution in [-0.4, -0.2) is 54.2 Å². The fourth-order valence-corrected chi connectivity index (χ4v) is 5.82. The molecule has 4 atom stereocenters. The van der Waals surface area contributed by atoms with Crippen LogP contribution < -0.4 is 5.32 Å². The number of carboxylic acids is 1. The Kier molecular flexibility index (Phi) is 10.2. The number of thioether (sulfide) groups is 1. The predicted molar refractivity (Wildman–Crippen MR) is 158 cm³/mol. The Labute approximate surface area is 253 Å². The minimum Gasteiger partial charge on any atom is -0.481 e. The van der Waals surface area contributed by atoms with Crippen LogP contribution in [0.4, 0.5) is 0 Å². The summed E-state index contributed by atoms with van der Waals surface area (Å²) in [5, 5.41) is 33.9. The normalized spacial score (nSPS) is 20.0. The number of carbonyl (C=O) groups excluding carboxylic acids is 1. The fraction of sp³-hybridized carbons (Fsp3) is 0.323. The molecule has 3 N–H and O–H groups in total. The summed E-state index contributed by atoms with van der Waals surface area (Å²) in [5.41, 5.74) is 4.38. The van der Waals surface area contributed by atoms with Gasteiger partial charge in [-0.15, -0.1) is 5.10 Å². The number of aliphatic hydroxyl groups excluding tert-OH is 1. The molecule has 4 unspecified atom stereocenters. The number of carbonyl (C=O) groups is 2. The molecule has 1 aliphatic heterocycles. The Hall–Kier alpha value is -4.10. The second-order valence-corrected chi connectivity index (χ2v) is 11.2. The van der Waals surface area contributed by atoms with Crippen LogP contribution in [0.5, 0.6) is 0 Å². The van der Waals surface area contributed by atoms with Crippen molar-refractivity contribution >= 4 is 23.6 Å². The lowest BCUT2D eigenvalue weighted by atomic mass is 9.91. The Morgan fingerprint density at radius 2 is 1.63 bits per heavy atom. The van der Waals surface area contributed by atoms with E-state index in [1.165, 1.54) is 11.8 Å². The molecule has 2 heterocycles. The van der Waals surface area contributed by atoms with Gasteiger partial charge in [0.2, 0.25) is 11.1 Å². The number of hydrogen-bond acceptors (Lipinski definition) is 9. The molecule has 1 amide bonds. The van der Waals surface area contributed by atoms with Gasteiger partial charge >= 0.3 is 5.97 Å². The van der Waals surface area contributed by atoms with Crippen molar-refractivity contribution in [3.05, 3.63) is 101 Å². The molecule has 1 saturated heterocycles. The smallest absolute Gasteiger partial charge is 0.303 e. The number of aromatic nitrogens is 4. The third-order valence-corrected chi connectivity index (χ3v) is 8.26. The number of amides is 1. The first-order chi connectivity index (χ1) is 20.9. The van der Waals surface area contributed by atoms with Crippen molar-refractivity contribution in [3.63, 3.8) is 0 Å². The van der Waals surface area contributed by atoms with Crippen molar-refractivity contribution in [3.8, 4) is 5.69 Å². The summed E-state index contributed by atoms with van der Waals surface area (Å²) in [6.07, 6.45) is -1.39. The van der Waals surface area contributed by atoms with Gasteiger partial charge in [-0.05, 0) is 39.2 Å². The van der Waals surface area contributed by atoms with Crippen molar-refractivity contribution in [2.75, 3.05) is 5.75 Å². The first-order valence-corrected chi connectivity index (χ1v) is 14.9. The molecule has 0 bridgehead atoms. The Bertz CT molecular complexity index is 1500. The predicted octanol–water partition coefficient (Wildman–Crippen LogP) is 4.22. The maximum absolute atomic E-state index is 11.9. The average Bonchev–Trinajstić information content (AvgIpc) is 3.52. The summed E-state index contributed by atoms with van der Waals surface area (Å²) in [6.45, 7) is 2.36. The minimum absolute atomic E-state index is 0.00919. The van der Waals surface area contributed by atoms with Crippen molar-refractivity contribution in [2.24, 2.45) is 5.92 Å². The van der Waals surface area contributed by atoms with Crippen LogP contribution >= 0.6 is 11.8 Å². The second-order valence-electron chi connectivity index (χ2n) is 10.3. The quantitative estimate of drug-likeness (QED) is 0.201. The Balaban J connectivity index is 1.31. The fourth-order valence-electron chi connectivity index (χ4n) is 4.77. The number of aliphatic carboxylic acids is 1. The van der Waals surface area contributed by atoms with Crippen molar-refractivity contribution in [1.29, 1.82) is 0 Å². The molecule has 0 spiro atoms. The number of benzene rings is 3. The van der Waals surface area contributed by atoms with Crippen molar-refractivity contribution in [2.45, 2.75) is 56.6 Å². The Morgan fingerprint density at radius 1 is 0.930 bits per heavy atom. The Morgan fingerprint density at radius 3 is 2.33 bits per heavy atom. The monoisotopic (exact) mass is 603 g/mol. The first kappa shape index (κ1) is 30.4. The number of rotatable bonds is 12. The maximum atomic E-state index is 11.9. The summed E-state index contributed by atoms with van der Waals surface area (Å²) in [4.78, 5) is 22.6. The number of ether oxygens (including phenoxy) is 2. The number of hydrogen-bond donors (Lipinski definition) is 3. The van der Waals surface area contributed by atoms with E-state index in [0.29, 0.717) is 10.9 Å². The third-order valence-electron chi connectivity index (χ3n) is 7.25.